The van der Waals surface area contributed by atoms with Gasteiger partial charge in [0.15, 0.2) is 5.82 Å². The normalized spacial score (nSPS) is 16.7. The van der Waals surface area contributed by atoms with E-state index in [9.17, 15) is 0 Å². The molecule has 7 heteroatoms. The largest absolute Gasteiger partial charge is 0.378 e. The van der Waals surface area contributed by atoms with Crippen LogP contribution in [0, 0.1) is 0 Å². The molecule has 0 spiro atoms. The van der Waals surface area contributed by atoms with Gasteiger partial charge in [-0.05, 0) is 31.5 Å². The molecule has 114 valence electrons. The summed E-state index contributed by atoms with van der Waals surface area (Å²) < 4.78 is 12.0. The number of fused-ring (bicyclic) bond motifs is 1. The Hall–Kier alpha value is -0.950. The quantitative estimate of drug-likeness (QED) is 0.811. The summed E-state index contributed by atoms with van der Waals surface area (Å²) in [6.45, 7) is 7.16. The number of hydrogen-bond donors (Lipinski definition) is 0. The average Bonchev–Trinajstić information content (AvgIpc) is 2.92. The molecule has 0 bridgehead atoms. The van der Waals surface area contributed by atoms with Crippen molar-refractivity contribution in [3.63, 3.8) is 0 Å². The Labute approximate surface area is 132 Å². The van der Waals surface area contributed by atoms with Crippen LogP contribution in [-0.4, -0.2) is 43.4 Å². The van der Waals surface area contributed by atoms with E-state index in [1.807, 2.05) is 19.9 Å². The standard InChI is InChI=1S/C14H18ClN3O2S/c1-14(2,19-3)10-8-9-11(21-10)12(17-13(15)16-9)18-4-6-20-7-5-18/h8H,4-7H2,1-3H3. The second kappa shape index (κ2) is 5.68. The minimum atomic E-state index is -0.347. The lowest BCUT2D eigenvalue weighted by Crippen LogP contribution is -2.36. The molecule has 2 aromatic heterocycles. The van der Waals surface area contributed by atoms with Crippen LogP contribution in [0.25, 0.3) is 10.2 Å². The topological polar surface area (TPSA) is 47.5 Å². The lowest BCUT2D eigenvalue weighted by molar-refractivity contribution is 0.0224. The van der Waals surface area contributed by atoms with E-state index in [-0.39, 0.29) is 10.9 Å². The first-order valence-electron chi connectivity index (χ1n) is 6.86. The fourth-order valence-corrected chi connectivity index (χ4v) is 3.64. The summed E-state index contributed by atoms with van der Waals surface area (Å²) in [6.07, 6.45) is 0. The Bertz CT molecular complexity index is 653. The van der Waals surface area contributed by atoms with Crippen LogP contribution in [0.4, 0.5) is 5.82 Å². The molecule has 0 radical (unpaired) electrons. The Morgan fingerprint density at radius 1 is 1.33 bits per heavy atom. The molecule has 3 heterocycles. The molecule has 1 aliphatic rings. The van der Waals surface area contributed by atoms with Crippen LogP contribution in [0.5, 0.6) is 0 Å². The Morgan fingerprint density at radius 2 is 2.05 bits per heavy atom. The van der Waals surface area contributed by atoms with E-state index in [4.69, 9.17) is 21.1 Å². The van der Waals surface area contributed by atoms with Gasteiger partial charge < -0.3 is 14.4 Å². The van der Waals surface area contributed by atoms with Gasteiger partial charge in [0.2, 0.25) is 5.28 Å². The minimum absolute atomic E-state index is 0.281. The lowest BCUT2D eigenvalue weighted by Gasteiger charge is -2.28. The number of nitrogens with zero attached hydrogens (tertiary/aromatic N) is 3. The van der Waals surface area contributed by atoms with Crippen molar-refractivity contribution in [3.8, 4) is 0 Å². The number of methoxy groups -OCH3 is 1. The van der Waals surface area contributed by atoms with Gasteiger partial charge >= 0.3 is 0 Å². The molecule has 5 nitrogen and oxygen atoms in total. The van der Waals surface area contributed by atoms with Gasteiger partial charge in [0, 0.05) is 25.1 Å². The molecule has 0 saturated carbocycles. The molecule has 0 amide bonds. The Kier molecular flexibility index (Phi) is 4.05. The highest BCUT2D eigenvalue weighted by Gasteiger charge is 2.25. The number of thiophene rings is 1. The molecule has 0 N–H and O–H groups in total. The van der Waals surface area contributed by atoms with Crippen molar-refractivity contribution >= 4 is 39.0 Å². The number of anilines is 1. The second-order valence-electron chi connectivity index (χ2n) is 5.46. The third-order valence-electron chi connectivity index (χ3n) is 3.74. The zero-order valence-corrected chi connectivity index (χ0v) is 13.9. The van der Waals surface area contributed by atoms with Crippen molar-refractivity contribution in [2.24, 2.45) is 0 Å². The predicted molar refractivity (Wildman–Crippen MR) is 85.5 cm³/mol. The summed E-state index contributed by atoms with van der Waals surface area (Å²) in [5.41, 5.74) is 0.529. The van der Waals surface area contributed by atoms with Crippen LogP contribution >= 0.6 is 22.9 Å². The summed E-state index contributed by atoms with van der Waals surface area (Å²) in [7, 11) is 1.71. The second-order valence-corrected chi connectivity index (χ2v) is 6.85. The van der Waals surface area contributed by atoms with Crippen molar-refractivity contribution in [2.45, 2.75) is 19.4 Å². The number of morpholine rings is 1. The van der Waals surface area contributed by atoms with E-state index >= 15 is 0 Å². The molecule has 0 aromatic carbocycles. The maximum Gasteiger partial charge on any atom is 0.224 e. The number of aromatic nitrogens is 2. The van der Waals surface area contributed by atoms with Gasteiger partial charge in [0.1, 0.15) is 0 Å². The number of halogens is 1. The van der Waals surface area contributed by atoms with Crippen LogP contribution in [0.1, 0.15) is 18.7 Å². The molecule has 0 aliphatic carbocycles. The van der Waals surface area contributed by atoms with Crippen molar-refractivity contribution in [3.05, 3.63) is 16.2 Å². The lowest BCUT2D eigenvalue weighted by atomic mass is 10.1. The van der Waals surface area contributed by atoms with Crippen molar-refractivity contribution in [1.29, 1.82) is 0 Å². The van der Waals surface area contributed by atoms with Gasteiger partial charge in [0.25, 0.3) is 0 Å². The Morgan fingerprint density at radius 3 is 2.71 bits per heavy atom. The average molecular weight is 328 g/mol. The van der Waals surface area contributed by atoms with Crippen molar-refractivity contribution < 1.29 is 9.47 Å². The van der Waals surface area contributed by atoms with E-state index in [0.29, 0.717) is 13.2 Å². The SMILES string of the molecule is COC(C)(C)c1cc2nc(Cl)nc(N3CCOCC3)c2s1. The molecular weight excluding hydrogens is 310 g/mol. The third-order valence-corrected chi connectivity index (χ3v) is 5.33. The van der Waals surface area contributed by atoms with Gasteiger partial charge in [-0.25, -0.2) is 4.98 Å². The predicted octanol–water partition coefficient (Wildman–Crippen LogP) is 3.06. The van der Waals surface area contributed by atoms with Crippen LogP contribution in [0.3, 0.4) is 0 Å². The monoisotopic (exact) mass is 327 g/mol. The fraction of sp³-hybridized carbons (Fsp3) is 0.571. The van der Waals surface area contributed by atoms with E-state index in [1.54, 1.807) is 18.4 Å². The maximum atomic E-state index is 6.09. The van der Waals surface area contributed by atoms with Crippen LogP contribution in [-0.2, 0) is 15.1 Å². The summed E-state index contributed by atoms with van der Waals surface area (Å²) in [5.74, 6) is 0.899. The number of rotatable bonds is 3. The highest BCUT2D eigenvalue weighted by molar-refractivity contribution is 7.19. The molecular formula is C14H18ClN3O2S. The van der Waals surface area contributed by atoms with Crippen molar-refractivity contribution in [2.75, 3.05) is 38.3 Å². The highest BCUT2D eigenvalue weighted by Crippen LogP contribution is 2.38. The summed E-state index contributed by atoms with van der Waals surface area (Å²) in [6, 6.07) is 2.04. The summed E-state index contributed by atoms with van der Waals surface area (Å²) in [4.78, 5) is 12.1. The van der Waals surface area contributed by atoms with Crippen LogP contribution < -0.4 is 4.90 Å². The van der Waals surface area contributed by atoms with E-state index in [0.717, 1.165) is 34.0 Å². The van der Waals surface area contributed by atoms with Gasteiger partial charge in [0.05, 0.1) is 29.0 Å². The zero-order chi connectivity index (χ0) is 15.0. The van der Waals surface area contributed by atoms with Gasteiger partial charge in [-0.3, -0.25) is 0 Å². The number of hydrogen-bond acceptors (Lipinski definition) is 6. The first-order chi connectivity index (χ1) is 10.0. The van der Waals surface area contributed by atoms with Crippen LogP contribution in [0.2, 0.25) is 5.28 Å². The maximum absolute atomic E-state index is 6.09. The first kappa shape index (κ1) is 15.0. The molecule has 1 aliphatic heterocycles. The third kappa shape index (κ3) is 2.85. The van der Waals surface area contributed by atoms with Crippen molar-refractivity contribution in [1.82, 2.24) is 9.97 Å². The van der Waals surface area contributed by atoms with E-state index < -0.39 is 0 Å². The molecule has 1 saturated heterocycles. The molecule has 0 atom stereocenters. The number of ether oxygens (including phenoxy) is 2. The smallest absolute Gasteiger partial charge is 0.224 e. The zero-order valence-electron chi connectivity index (χ0n) is 12.4. The van der Waals surface area contributed by atoms with E-state index in [2.05, 4.69) is 14.9 Å². The molecule has 2 aromatic rings. The first-order valence-corrected chi connectivity index (χ1v) is 8.06. The van der Waals surface area contributed by atoms with Gasteiger partial charge in [-0.15, -0.1) is 11.3 Å². The van der Waals surface area contributed by atoms with Gasteiger partial charge in [-0.2, -0.15) is 4.98 Å². The van der Waals surface area contributed by atoms with E-state index in [1.165, 1.54) is 0 Å². The Balaban J connectivity index is 2.11. The summed E-state index contributed by atoms with van der Waals surface area (Å²) in [5, 5.41) is 0.281. The summed E-state index contributed by atoms with van der Waals surface area (Å²) >= 11 is 7.76. The van der Waals surface area contributed by atoms with Gasteiger partial charge in [-0.1, -0.05) is 0 Å². The molecule has 0 unspecified atom stereocenters. The molecule has 21 heavy (non-hydrogen) atoms. The minimum Gasteiger partial charge on any atom is -0.378 e. The molecule has 3 rings (SSSR count). The fourth-order valence-electron chi connectivity index (χ4n) is 2.27. The highest BCUT2D eigenvalue weighted by atomic mass is 35.5. The van der Waals surface area contributed by atoms with Crippen LogP contribution in [0.15, 0.2) is 6.07 Å². The molecule has 1 fully saturated rings.